The monoisotopic (exact) mass is 239 g/mol. The highest BCUT2D eigenvalue weighted by Gasteiger charge is 2.27. The van der Waals surface area contributed by atoms with Crippen LogP contribution in [-0.2, 0) is 6.54 Å². The molecule has 1 N–H and O–H groups in total. The van der Waals surface area contributed by atoms with E-state index in [1.165, 1.54) is 18.4 Å². The summed E-state index contributed by atoms with van der Waals surface area (Å²) in [4.78, 5) is 0. The number of nitrogens with one attached hydrogen (secondary N) is 1. The van der Waals surface area contributed by atoms with E-state index in [0.717, 1.165) is 18.2 Å². The van der Waals surface area contributed by atoms with Crippen LogP contribution in [-0.4, -0.2) is 13.2 Å². The molecule has 1 aliphatic rings. The van der Waals surface area contributed by atoms with E-state index in [0.29, 0.717) is 11.1 Å². The lowest BCUT2D eigenvalue weighted by Crippen LogP contribution is -2.27. The van der Waals surface area contributed by atoms with Gasteiger partial charge in [0.25, 0.3) is 0 Å². The minimum absolute atomic E-state index is 0.612. The maximum absolute atomic E-state index is 6.07. The van der Waals surface area contributed by atoms with Gasteiger partial charge in [-0.1, -0.05) is 17.7 Å². The molecule has 0 bridgehead atoms. The molecule has 2 nitrogen and oxygen atoms in total. The predicted octanol–water partition coefficient (Wildman–Crippen LogP) is 3.24. The average Bonchev–Trinajstić information content (AvgIpc) is 3.10. The second-order valence-electron chi connectivity index (χ2n) is 4.48. The molecule has 1 saturated carbocycles. The van der Waals surface area contributed by atoms with Crippen molar-refractivity contribution in [3.63, 3.8) is 0 Å². The van der Waals surface area contributed by atoms with Crippen LogP contribution in [0, 0.1) is 5.92 Å². The van der Waals surface area contributed by atoms with Gasteiger partial charge in [-0.25, -0.2) is 0 Å². The van der Waals surface area contributed by atoms with E-state index < -0.39 is 0 Å². The van der Waals surface area contributed by atoms with Crippen molar-refractivity contribution in [1.29, 1.82) is 0 Å². The normalized spacial score (nSPS) is 17.2. The number of rotatable bonds is 5. The first-order chi connectivity index (χ1) is 7.70. The maximum Gasteiger partial charge on any atom is 0.137 e. The third-order valence-corrected chi connectivity index (χ3v) is 3.47. The number of halogens is 1. The number of hydrogen-bond donors (Lipinski definition) is 1. The van der Waals surface area contributed by atoms with Gasteiger partial charge in [-0.15, -0.1) is 0 Å². The Labute approximate surface area is 102 Å². The van der Waals surface area contributed by atoms with Crippen molar-refractivity contribution < 1.29 is 4.74 Å². The molecule has 88 valence electrons. The van der Waals surface area contributed by atoms with E-state index in [2.05, 4.69) is 18.3 Å². The molecule has 0 amide bonds. The summed E-state index contributed by atoms with van der Waals surface area (Å²) in [5.74, 6) is 1.62. The van der Waals surface area contributed by atoms with Gasteiger partial charge in [-0.2, -0.15) is 0 Å². The molecule has 1 aromatic rings. The zero-order valence-electron chi connectivity index (χ0n) is 9.79. The minimum Gasteiger partial charge on any atom is -0.495 e. The molecule has 16 heavy (non-hydrogen) atoms. The summed E-state index contributed by atoms with van der Waals surface area (Å²) in [7, 11) is 1.63. The molecule has 0 radical (unpaired) electrons. The summed E-state index contributed by atoms with van der Waals surface area (Å²) in [5.41, 5.74) is 1.21. The third-order valence-electron chi connectivity index (χ3n) is 3.17. The first-order valence-electron chi connectivity index (χ1n) is 5.76. The van der Waals surface area contributed by atoms with Gasteiger partial charge in [-0.3, -0.25) is 0 Å². The summed E-state index contributed by atoms with van der Waals surface area (Å²) in [5, 5.41) is 4.21. The molecule has 0 aromatic heterocycles. The smallest absolute Gasteiger partial charge is 0.137 e. The molecule has 1 unspecified atom stereocenters. The van der Waals surface area contributed by atoms with E-state index in [4.69, 9.17) is 16.3 Å². The minimum atomic E-state index is 0.612. The van der Waals surface area contributed by atoms with Gasteiger partial charge in [0, 0.05) is 12.6 Å². The quantitative estimate of drug-likeness (QED) is 0.852. The SMILES string of the molecule is COc1ccc(CNC(C)C2CC2)cc1Cl. The molecular weight excluding hydrogens is 222 g/mol. The van der Waals surface area contributed by atoms with Gasteiger partial charge < -0.3 is 10.1 Å². The van der Waals surface area contributed by atoms with E-state index in [-0.39, 0.29) is 0 Å². The van der Waals surface area contributed by atoms with Crippen LogP contribution in [0.5, 0.6) is 5.75 Å². The largest absolute Gasteiger partial charge is 0.495 e. The van der Waals surface area contributed by atoms with Gasteiger partial charge in [0.1, 0.15) is 5.75 Å². The van der Waals surface area contributed by atoms with E-state index in [1.807, 2.05) is 12.1 Å². The topological polar surface area (TPSA) is 21.3 Å². The Hall–Kier alpha value is -0.730. The molecule has 0 spiro atoms. The Bertz CT molecular complexity index is 363. The van der Waals surface area contributed by atoms with Crippen molar-refractivity contribution in [1.82, 2.24) is 5.32 Å². The Kier molecular flexibility index (Phi) is 3.72. The number of methoxy groups -OCH3 is 1. The van der Waals surface area contributed by atoms with Crippen LogP contribution in [0.1, 0.15) is 25.3 Å². The average molecular weight is 240 g/mol. The van der Waals surface area contributed by atoms with Gasteiger partial charge in [0.2, 0.25) is 0 Å². The first-order valence-corrected chi connectivity index (χ1v) is 6.14. The second-order valence-corrected chi connectivity index (χ2v) is 4.88. The molecule has 1 fully saturated rings. The highest BCUT2D eigenvalue weighted by atomic mass is 35.5. The van der Waals surface area contributed by atoms with Crippen LogP contribution in [0.3, 0.4) is 0 Å². The molecule has 1 aromatic carbocycles. The fourth-order valence-electron chi connectivity index (χ4n) is 1.86. The lowest BCUT2D eigenvalue weighted by molar-refractivity contribution is 0.414. The molecule has 1 atom stereocenters. The zero-order valence-corrected chi connectivity index (χ0v) is 10.6. The van der Waals surface area contributed by atoms with Crippen LogP contribution in [0.2, 0.25) is 5.02 Å². The summed E-state index contributed by atoms with van der Waals surface area (Å²) < 4.78 is 5.12. The van der Waals surface area contributed by atoms with Gasteiger partial charge in [0.05, 0.1) is 12.1 Å². The Morgan fingerprint density at radius 3 is 2.81 bits per heavy atom. The van der Waals surface area contributed by atoms with Crippen molar-refractivity contribution in [2.24, 2.45) is 5.92 Å². The van der Waals surface area contributed by atoms with E-state index in [9.17, 15) is 0 Å². The van der Waals surface area contributed by atoms with Crippen molar-refractivity contribution in [3.05, 3.63) is 28.8 Å². The summed E-state index contributed by atoms with van der Waals surface area (Å²) in [6.07, 6.45) is 2.75. The molecule has 0 heterocycles. The van der Waals surface area contributed by atoms with Crippen molar-refractivity contribution in [3.8, 4) is 5.75 Å². The fraction of sp³-hybridized carbons (Fsp3) is 0.538. The van der Waals surface area contributed by atoms with Crippen LogP contribution < -0.4 is 10.1 Å². The van der Waals surface area contributed by atoms with E-state index >= 15 is 0 Å². The highest BCUT2D eigenvalue weighted by molar-refractivity contribution is 6.32. The molecule has 1 aliphatic carbocycles. The standard InChI is InChI=1S/C13H18ClNO/c1-9(11-4-5-11)15-8-10-3-6-13(16-2)12(14)7-10/h3,6-7,9,11,15H,4-5,8H2,1-2H3. The van der Waals surface area contributed by atoms with Crippen LogP contribution in [0.4, 0.5) is 0 Å². The summed E-state index contributed by atoms with van der Waals surface area (Å²) in [6.45, 7) is 3.13. The van der Waals surface area contributed by atoms with Crippen LogP contribution in [0.15, 0.2) is 18.2 Å². The van der Waals surface area contributed by atoms with Crippen molar-refractivity contribution in [2.45, 2.75) is 32.4 Å². The van der Waals surface area contributed by atoms with Gasteiger partial charge in [-0.05, 0) is 43.4 Å². The second kappa shape index (κ2) is 5.07. The van der Waals surface area contributed by atoms with Gasteiger partial charge in [0.15, 0.2) is 0 Å². The summed E-state index contributed by atoms with van der Waals surface area (Å²) in [6, 6.07) is 6.55. The molecular formula is C13H18ClNO. The Morgan fingerprint density at radius 1 is 1.50 bits per heavy atom. The first kappa shape index (κ1) is 11.7. The predicted molar refractivity (Wildman–Crippen MR) is 67.0 cm³/mol. The lowest BCUT2D eigenvalue weighted by Gasteiger charge is -2.13. The number of ether oxygens (including phenoxy) is 1. The summed E-state index contributed by atoms with van der Waals surface area (Å²) >= 11 is 6.07. The van der Waals surface area contributed by atoms with Gasteiger partial charge >= 0.3 is 0 Å². The van der Waals surface area contributed by atoms with Crippen molar-refractivity contribution in [2.75, 3.05) is 7.11 Å². The Balaban J connectivity index is 1.91. The number of hydrogen-bond acceptors (Lipinski definition) is 2. The Morgan fingerprint density at radius 2 is 2.25 bits per heavy atom. The third kappa shape index (κ3) is 2.89. The van der Waals surface area contributed by atoms with Crippen LogP contribution in [0.25, 0.3) is 0 Å². The maximum atomic E-state index is 6.07. The lowest BCUT2D eigenvalue weighted by atomic mass is 10.1. The van der Waals surface area contributed by atoms with Crippen molar-refractivity contribution >= 4 is 11.6 Å². The molecule has 2 rings (SSSR count). The van der Waals surface area contributed by atoms with Crippen LogP contribution >= 0.6 is 11.6 Å². The number of benzene rings is 1. The molecule has 0 saturated heterocycles. The van der Waals surface area contributed by atoms with E-state index in [1.54, 1.807) is 7.11 Å². The molecule has 0 aliphatic heterocycles. The highest BCUT2D eigenvalue weighted by Crippen LogP contribution is 2.32. The zero-order chi connectivity index (χ0) is 11.5. The molecule has 3 heteroatoms. The fourth-order valence-corrected chi connectivity index (χ4v) is 2.14.